The summed E-state index contributed by atoms with van der Waals surface area (Å²) in [6.07, 6.45) is 0. The van der Waals surface area contributed by atoms with E-state index in [2.05, 4.69) is 251 Å². The summed E-state index contributed by atoms with van der Waals surface area (Å²) in [6.45, 7) is 6.23. The molecule has 0 saturated carbocycles. The van der Waals surface area contributed by atoms with Crippen LogP contribution in [0.2, 0.25) is 0 Å². The molecule has 6 nitrogen and oxygen atoms in total. The van der Waals surface area contributed by atoms with Gasteiger partial charge in [0.15, 0.2) is 11.2 Å². The summed E-state index contributed by atoms with van der Waals surface area (Å²) in [4.78, 5) is 4.77. The fourth-order valence-corrected chi connectivity index (χ4v) is 12.2. The van der Waals surface area contributed by atoms with E-state index in [0.717, 1.165) is 113 Å². The Kier molecular flexibility index (Phi) is 8.81. The van der Waals surface area contributed by atoms with E-state index in [0.29, 0.717) is 0 Å². The van der Waals surface area contributed by atoms with Gasteiger partial charge in [0.1, 0.15) is 11.2 Å². The number of hydrogen-bond acceptors (Lipinski definition) is 4. The van der Waals surface area contributed by atoms with E-state index in [9.17, 15) is 0 Å². The SMILES string of the molecule is CCn1c2ccccc2c2cc(N(c3ccccc3)c3cc4oc5c(ccc6c5oc5cc(N(c7ccccc7)c7ccc8c(c7)c7ccccc7n8CC)c7ccccc7c56)c4c4ccccc34)ccc21. The van der Waals surface area contributed by atoms with E-state index >= 15 is 0 Å². The highest BCUT2D eigenvalue weighted by Gasteiger charge is 2.26. The molecular formula is C66H46N4O2. The number of aryl methyl sites for hydroxylation is 2. The van der Waals surface area contributed by atoms with Crippen molar-refractivity contribution in [3.63, 3.8) is 0 Å². The fourth-order valence-electron chi connectivity index (χ4n) is 12.2. The molecule has 0 unspecified atom stereocenters. The first-order chi connectivity index (χ1) is 35.6. The van der Waals surface area contributed by atoms with Crippen molar-refractivity contribution in [2.75, 3.05) is 9.80 Å². The third-order valence-electron chi connectivity index (χ3n) is 15.2. The van der Waals surface area contributed by atoms with Crippen LogP contribution >= 0.6 is 0 Å². The van der Waals surface area contributed by atoms with Crippen LogP contribution in [-0.2, 0) is 13.1 Å². The predicted molar refractivity (Wildman–Crippen MR) is 303 cm³/mol. The lowest BCUT2D eigenvalue weighted by molar-refractivity contribution is 0.633. The lowest BCUT2D eigenvalue weighted by Crippen LogP contribution is -2.10. The molecule has 0 aliphatic rings. The summed E-state index contributed by atoms with van der Waals surface area (Å²) >= 11 is 0. The number of nitrogens with zero attached hydrogens (tertiary/aromatic N) is 4. The number of hydrogen-bond donors (Lipinski definition) is 0. The molecule has 15 rings (SSSR count). The van der Waals surface area contributed by atoms with Crippen molar-refractivity contribution in [1.29, 1.82) is 0 Å². The Hall–Kier alpha value is -9.26. The Balaban J connectivity index is 0.957. The van der Waals surface area contributed by atoms with Crippen LogP contribution in [0.5, 0.6) is 0 Å². The summed E-state index contributed by atoms with van der Waals surface area (Å²) in [5.41, 5.74) is 14.4. The quantitative estimate of drug-likeness (QED) is 0.152. The highest BCUT2D eigenvalue weighted by Crippen LogP contribution is 2.50. The highest BCUT2D eigenvalue weighted by atomic mass is 16.4. The fraction of sp³-hybridized carbons (Fsp3) is 0.0606. The lowest BCUT2D eigenvalue weighted by atomic mass is 9.98. The van der Waals surface area contributed by atoms with Crippen LogP contribution in [0, 0.1) is 0 Å². The lowest BCUT2D eigenvalue weighted by Gasteiger charge is -2.27. The number of anilines is 6. The summed E-state index contributed by atoms with van der Waals surface area (Å²) in [7, 11) is 0. The summed E-state index contributed by atoms with van der Waals surface area (Å²) in [5.74, 6) is 0. The van der Waals surface area contributed by atoms with Crippen molar-refractivity contribution >= 4 is 143 Å². The zero-order valence-electron chi connectivity index (χ0n) is 39.8. The van der Waals surface area contributed by atoms with E-state index in [1.165, 1.54) is 43.6 Å². The number of benzene rings is 11. The molecule has 6 heteroatoms. The number of furan rings is 2. The second kappa shape index (κ2) is 15.6. The summed E-state index contributed by atoms with van der Waals surface area (Å²) < 4.78 is 19.2. The second-order valence-corrected chi connectivity index (χ2v) is 18.9. The highest BCUT2D eigenvalue weighted by molar-refractivity contribution is 6.30. The minimum atomic E-state index is 0.740. The van der Waals surface area contributed by atoms with E-state index in [4.69, 9.17) is 8.83 Å². The Labute approximate surface area is 414 Å². The average molecular weight is 927 g/mol. The van der Waals surface area contributed by atoms with E-state index < -0.39 is 0 Å². The molecule has 72 heavy (non-hydrogen) atoms. The standard InChI is InChI=1S/C66H46N4O2/c1-3-67-55-29-17-15-25-47(55)53-37-43(31-35-57(53)67)69(41-19-7-5-8-20-41)59-39-61-63(49-27-13-11-23-45(49)59)51-33-34-52-64-50-28-14-12-24-46(50)60(40-62(64)72-66(52)65(51)71-61)70(42-21-9-6-10-22-42)44-32-36-58-54(38-44)48-26-16-18-30-56(48)68(58)4-2/h5-40H,3-4H2,1-2H3. The average Bonchev–Trinajstić information content (AvgIpc) is 4.19. The summed E-state index contributed by atoms with van der Waals surface area (Å²) in [5, 5.41) is 13.7. The molecule has 0 saturated heterocycles. The number of rotatable bonds is 8. The molecule has 342 valence electrons. The monoisotopic (exact) mass is 926 g/mol. The van der Waals surface area contributed by atoms with Crippen LogP contribution in [0.3, 0.4) is 0 Å². The van der Waals surface area contributed by atoms with Gasteiger partial charge in [0.2, 0.25) is 0 Å². The first-order valence-corrected chi connectivity index (χ1v) is 25.0. The molecule has 4 heterocycles. The number of aromatic nitrogens is 2. The van der Waals surface area contributed by atoms with E-state index in [1.54, 1.807) is 0 Å². The smallest absolute Gasteiger partial charge is 0.178 e. The number of fused-ring (bicyclic) bond motifs is 17. The van der Waals surface area contributed by atoms with Gasteiger partial charge in [-0.05, 0) is 110 Å². The molecule has 0 radical (unpaired) electrons. The van der Waals surface area contributed by atoms with Crippen LogP contribution in [0.25, 0.3) is 109 Å². The maximum absolute atomic E-state index is 7.19. The van der Waals surface area contributed by atoms with Gasteiger partial charge >= 0.3 is 0 Å². The third kappa shape index (κ3) is 5.78. The minimum Gasteiger partial charge on any atom is -0.452 e. The molecule has 0 aliphatic carbocycles. The minimum absolute atomic E-state index is 0.740. The molecule has 0 amide bonds. The molecule has 0 spiro atoms. The van der Waals surface area contributed by atoms with Gasteiger partial charge in [-0.15, -0.1) is 0 Å². The Bertz CT molecular complexity index is 4370. The van der Waals surface area contributed by atoms with Crippen molar-refractivity contribution in [2.24, 2.45) is 0 Å². The molecule has 0 fully saturated rings. The topological polar surface area (TPSA) is 42.6 Å². The Morgan fingerprint density at radius 1 is 0.306 bits per heavy atom. The maximum atomic E-state index is 7.19. The van der Waals surface area contributed by atoms with Crippen LogP contribution in [0.1, 0.15) is 13.8 Å². The zero-order valence-corrected chi connectivity index (χ0v) is 39.8. The maximum Gasteiger partial charge on any atom is 0.178 e. The molecule has 0 aliphatic heterocycles. The van der Waals surface area contributed by atoms with Gasteiger partial charge in [0.05, 0.1) is 11.4 Å². The Morgan fingerprint density at radius 2 is 0.667 bits per heavy atom. The van der Waals surface area contributed by atoms with Gasteiger partial charge in [0, 0.05) is 124 Å². The van der Waals surface area contributed by atoms with Crippen LogP contribution < -0.4 is 9.80 Å². The van der Waals surface area contributed by atoms with Gasteiger partial charge in [0.25, 0.3) is 0 Å². The number of para-hydroxylation sites is 4. The predicted octanol–water partition coefficient (Wildman–Crippen LogP) is 19.0. The van der Waals surface area contributed by atoms with Crippen molar-refractivity contribution in [3.05, 3.63) is 218 Å². The van der Waals surface area contributed by atoms with Gasteiger partial charge < -0.3 is 27.8 Å². The second-order valence-electron chi connectivity index (χ2n) is 18.9. The molecule has 4 aromatic heterocycles. The van der Waals surface area contributed by atoms with Gasteiger partial charge in [-0.2, -0.15) is 0 Å². The third-order valence-corrected chi connectivity index (χ3v) is 15.2. The summed E-state index contributed by atoms with van der Waals surface area (Å²) in [6, 6.07) is 79.1. The van der Waals surface area contributed by atoms with E-state index in [-0.39, 0.29) is 0 Å². The molecule has 11 aromatic carbocycles. The normalized spacial score (nSPS) is 12.1. The molecule has 15 aromatic rings. The van der Waals surface area contributed by atoms with Gasteiger partial charge in [-0.3, -0.25) is 0 Å². The van der Waals surface area contributed by atoms with Crippen LogP contribution in [0.15, 0.2) is 227 Å². The zero-order chi connectivity index (χ0) is 47.6. The molecule has 0 bridgehead atoms. The first-order valence-electron chi connectivity index (χ1n) is 25.0. The van der Waals surface area contributed by atoms with Crippen molar-refractivity contribution < 1.29 is 8.83 Å². The largest absolute Gasteiger partial charge is 0.452 e. The van der Waals surface area contributed by atoms with Crippen molar-refractivity contribution in [3.8, 4) is 0 Å². The molecule has 0 N–H and O–H groups in total. The van der Waals surface area contributed by atoms with Gasteiger partial charge in [-0.1, -0.05) is 121 Å². The first kappa shape index (κ1) is 40.6. The van der Waals surface area contributed by atoms with Gasteiger partial charge in [-0.25, -0.2) is 0 Å². The van der Waals surface area contributed by atoms with Crippen LogP contribution in [0.4, 0.5) is 34.1 Å². The van der Waals surface area contributed by atoms with E-state index in [1.807, 2.05) is 0 Å². The Morgan fingerprint density at radius 3 is 1.08 bits per heavy atom. The van der Waals surface area contributed by atoms with Crippen molar-refractivity contribution in [1.82, 2.24) is 9.13 Å². The van der Waals surface area contributed by atoms with Crippen LogP contribution in [-0.4, -0.2) is 9.13 Å². The molecule has 0 atom stereocenters. The molecular weight excluding hydrogens is 881 g/mol. The van der Waals surface area contributed by atoms with Crippen molar-refractivity contribution in [2.45, 2.75) is 26.9 Å².